The zero-order valence-corrected chi connectivity index (χ0v) is 10.1. The summed E-state index contributed by atoms with van der Waals surface area (Å²) in [6.07, 6.45) is 1.46. The predicted molar refractivity (Wildman–Crippen MR) is 62.6 cm³/mol. The van der Waals surface area contributed by atoms with Crippen molar-refractivity contribution >= 4 is 12.2 Å². The van der Waals surface area contributed by atoms with Crippen LogP contribution < -0.4 is 20.1 Å². The Bertz CT molecular complexity index is 455. The van der Waals surface area contributed by atoms with E-state index in [4.69, 9.17) is 9.47 Å². The zero-order chi connectivity index (χ0) is 13.5. The van der Waals surface area contributed by atoms with Crippen LogP contribution in [-0.4, -0.2) is 36.1 Å². The number of aromatic nitrogens is 2. The van der Waals surface area contributed by atoms with Gasteiger partial charge in [0.1, 0.15) is 0 Å². The molecule has 0 radical (unpaired) electrons. The van der Waals surface area contributed by atoms with Gasteiger partial charge >= 0.3 is 12.2 Å². The van der Waals surface area contributed by atoms with Crippen molar-refractivity contribution in [1.29, 1.82) is 0 Å². The van der Waals surface area contributed by atoms with E-state index in [1.807, 2.05) is 0 Å². The van der Waals surface area contributed by atoms with Crippen LogP contribution in [-0.2, 0) is 6.54 Å². The third kappa shape index (κ3) is 3.24. The summed E-state index contributed by atoms with van der Waals surface area (Å²) < 4.78 is 11.2. The molecule has 0 fully saturated rings. The van der Waals surface area contributed by atoms with E-state index in [-0.39, 0.29) is 11.6 Å². The van der Waals surface area contributed by atoms with Gasteiger partial charge in [-0.15, -0.1) is 6.58 Å². The molecule has 0 unspecified atom stereocenters. The van der Waals surface area contributed by atoms with Crippen molar-refractivity contribution in [2.45, 2.75) is 6.54 Å². The van der Waals surface area contributed by atoms with Gasteiger partial charge in [0.25, 0.3) is 5.88 Å². The van der Waals surface area contributed by atoms with Crippen LogP contribution in [0.25, 0.3) is 0 Å². The highest BCUT2D eigenvalue weighted by Gasteiger charge is 2.18. The summed E-state index contributed by atoms with van der Waals surface area (Å²) in [5, 5.41) is 8.47. The molecular weight excluding hydrogens is 240 g/mol. The summed E-state index contributed by atoms with van der Waals surface area (Å²) in [7, 11) is 2.83. The Morgan fingerprint density at radius 3 is 2.56 bits per heavy atom. The van der Waals surface area contributed by atoms with Crippen LogP contribution in [0.2, 0.25) is 0 Å². The molecule has 1 aromatic rings. The van der Waals surface area contributed by atoms with Crippen LogP contribution in [0.4, 0.5) is 9.59 Å². The Balaban J connectivity index is 2.98. The SMILES string of the molecule is C=CCn1ncc(OC(=O)NC)c1OC(=O)NC. The van der Waals surface area contributed by atoms with E-state index < -0.39 is 12.2 Å². The maximum atomic E-state index is 11.2. The fourth-order valence-electron chi connectivity index (χ4n) is 1.07. The highest BCUT2D eigenvalue weighted by Crippen LogP contribution is 2.27. The molecule has 1 aromatic heterocycles. The quantitative estimate of drug-likeness (QED) is 0.763. The van der Waals surface area contributed by atoms with E-state index in [9.17, 15) is 9.59 Å². The molecule has 2 amide bonds. The minimum Gasteiger partial charge on any atom is -0.403 e. The molecule has 8 heteroatoms. The van der Waals surface area contributed by atoms with Gasteiger partial charge in [-0.1, -0.05) is 6.08 Å². The Hall–Kier alpha value is -2.51. The second-order valence-electron chi connectivity index (χ2n) is 3.06. The number of nitrogens with one attached hydrogen (secondary N) is 2. The Kier molecular flexibility index (Phi) is 4.73. The molecule has 1 heterocycles. The Labute approximate surface area is 104 Å². The van der Waals surface area contributed by atoms with Gasteiger partial charge in [0, 0.05) is 14.1 Å². The first kappa shape index (κ1) is 13.6. The molecule has 0 aliphatic heterocycles. The number of ether oxygens (including phenoxy) is 2. The van der Waals surface area contributed by atoms with Gasteiger partial charge in [-0.05, 0) is 0 Å². The minimum atomic E-state index is -0.692. The van der Waals surface area contributed by atoms with Crippen molar-refractivity contribution in [2.75, 3.05) is 14.1 Å². The molecule has 0 aromatic carbocycles. The van der Waals surface area contributed by atoms with Crippen molar-refractivity contribution in [3.05, 3.63) is 18.9 Å². The first-order chi connectivity index (χ1) is 8.62. The fourth-order valence-corrected chi connectivity index (χ4v) is 1.07. The highest BCUT2D eigenvalue weighted by atomic mass is 16.6. The molecule has 8 nitrogen and oxygen atoms in total. The summed E-state index contributed by atoms with van der Waals surface area (Å²) in [5.74, 6) is 0.0673. The van der Waals surface area contributed by atoms with Crippen LogP contribution in [0.15, 0.2) is 18.9 Å². The average molecular weight is 254 g/mol. The molecule has 0 aliphatic rings. The molecule has 1 rings (SSSR count). The summed E-state index contributed by atoms with van der Waals surface area (Å²) >= 11 is 0. The average Bonchev–Trinajstić information content (AvgIpc) is 2.72. The van der Waals surface area contributed by atoms with Gasteiger partial charge in [-0.25, -0.2) is 14.3 Å². The number of nitrogens with zero attached hydrogens (tertiary/aromatic N) is 2. The maximum Gasteiger partial charge on any atom is 0.413 e. The zero-order valence-electron chi connectivity index (χ0n) is 10.1. The summed E-state index contributed by atoms with van der Waals surface area (Å²) in [5.41, 5.74) is 0. The van der Waals surface area contributed by atoms with Gasteiger partial charge in [0.15, 0.2) is 0 Å². The number of rotatable bonds is 4. The van der Waals surface area contributed by atoms with Crippen molar-refractivity contribution in [3.8, 4) is 11.6 Å². The third-order valence-electron chi connectivity index (χ3n) is 1.86. The summed E-state index contributed by atoms with van der Waals surface area (Å²) in [6, 6.07) is 0. The molecule has 0 saturated carbocycles. The lowest BCUT2D eigenvalue weighted by Crippen LogP contribution is -2.25. The third-order valence-corrected chi connectivity index (χ3v) is 1.86. The van der Waals surface area contributed by atoms with Crippen LogP contribution >= 0.6 is 0 Å². The predicted octanol–water partition coefficient (Wildman–Crippen LogP) is 0.505. The van der Waals surface area contributed by atoms with Gasteiger partial charge < -0.3 is 20.1 Å². The molecule has 2 N–H and O–H groups in total. The van der Waals surface area contributed by atoms with Crippen LogP contribution in [0, 0.1) is 0 Å². The molecule has 0 spiro atoms. The Morgan fingerprint density at radius 1 is 1.39 bits per heavy atom. The van der Waals surface area contributed by atoms with E-state index in [1.165, 1.54) is 25.0 Å². The standard InChI is InChI=1S/C10H14N4O4/c1-4-5-14-8(18-10(16)12-3)7(6-13-14)17-9(15)11-2/h4,6H,1,5H2,2-3H3,(H,11,15)(H,12,16). The van der Waals surface area contributed by atoms with Crippen LogP contribution in [0.1, 0.15) is 0 Å². The highest BCUT2D eigenvalue weighted by molar-refractivity contribution is 5.73. The number of allylic oxidation sites excluding steroid dienone is 1. The van der Waals surface area contributed by atoms with E-state index in [0.29, 0.717) is 6.54 Å². The van der Waals surface area contributed by atoms with E-state index in [0.717, 1.165) is 0 Å². The summed E-state index contributed by atoms with van der Waals surface area (Å²) in [4.78, 5) is 22.3. The Morgan fingerprint density at radius 2 is 2.00 bits per heavy atom. The first-order valence-electron chi connectivity index (χ1n) is 5.08. The molecule has 98 valence electrons. The molecular formula is C10H14N4O4. The largest absolute Gasteiger partial charge is 0.413 e. The number of hydrogen-bond donors (Lipinski definition) is 2. The van der Waals surface area contributed by atoms with Gasteiger partial charge in [-0.2, -0.15) is 5.10 Å². The lowest BCUT2D eigenvalue weighted by atomic mass is 10.5. The van der Waals surface area contributed by atoms with Crippen molar-refractivity contribution in [2.24, 2.45) is 0 Å². The topological polar surface area (TPSA) is 94.5 Å². The molecule has 18 heavy (non-hydrogen) atoms. The van der Waals surface area contributed by atoms with E-state index >= 15 is 0 Å². The number of carbonyl (C=O) groups excluding carboxylic acids is 2. The van der Waals surface area contributed by atoms with Crippen molar-refractivity contribution in [1.82, 2.24) is 20.4 Å². The van der Waals surface area contributed by atoms with Gasteiger partial charge in [0.05, 0.1) is 12.7 Å². The second kappa shape index (κ2) is 6.28. The van der Waals surface area contributed by atoms with Gasteiger partial charge in [0.2, 0.25) is 5.75 Å². The second-order valence-corrected chi connectivity index (χ2v) is 3.06. The van der Waals surface area contributed by atoms with E-state index in [2.05, 4.69) is 22.3 Å². The van der Waals surface area contributed by atoms with Crippen LogP contribution in [0.3, 0.4) is 0 Å². The fraction of sp³-hybridized carbons (Fsp3) is 0.300. The maximum absolute atomic E-state index is 11.2. The first-order valence-corrected chi connectivity index (χ1v) is 5.08. The molecule has 0 atom stereocenters. The molecule has 0 aliphatic carbocycles. The van der Waals surface area contributed by atoms with E-state index in [1.54, 1.807) is 6.08 Å². The van der Waals surface area contributed by atoms with Crippen LogP contribution in [0.5, 0.6) is 11.6 Å². The summed E-state index contributed by atoms with van der Waals surface area (Å²) in [6.45, 7) is 3.85. The van der Waals surface area contributed by atoms with Gasteiger partial charge in [-0.3, -0.25) is 0 Å². The van der Waals surface area contributed by atoms with Crippen molar-refractivity contribution < 1.29 is 19.1 Å². The lowest BCUT2D eigenvalue weighted by Gasteiger charge is -2.07. The lowest BCUT2D eigenvalue weighted by molar-refractivity contribution is 0.189. The minimum absolute atomic E-state index is 0.0258. The molecule has 0 bridgehead atoms. The number of hydrogen-bond acceptors (Lipinski definition) is 5. The van der Waals surface area contributed by atoms with Crippen molar-refractivity contribution in [3.63, 3.8) is 0 Å². The number of amides is 2. The normalized spacial score (nSPS) is 9.44. The monoisotopic (exact) mass is 254 g/mol. The number of carbonyl (C=O) groups is 2. The molecule has 0 saturated heterocycles. The smallest absolute Gasteiger partial charge is 0.403 e.